The summed E-state index contributed by atoms with van der Waals surface area (Å²) in [7, 11) is 15.5. The van der Waals surface area contributed by atoms with E-state index in [1.54, 1.807) is 18.2 Å². The first-order valence-electron chi connectivity index (χ1n) is 30.6. The van der Waals surface area contributed by atoms with Gasteiger partial charge in [0, 0.05) is 132 Å². The molecule has 22 nitrogen and oxygen atoms in total. The molecule has 2 N–H and O–H groups in total. The Hall–Kier alpha value is -9.46. The van der Waals surface area contributed by atoms with Gasteiger partial charge >= 0.3 is 0 Å². The van der Waals surface area contributed by atoms with Crippen LogP contribution in [0.2, 0.25) is 0 Å². The van der Waals surface area contributed by atoms with Gasteiger partial charge in [0.1, 0.15) is 64.1 Å². The van der Waals surface area contributed by atoms with E-state index in [9.17, 15) is 29.4 Å². The second kappa shape index (κ2) is 36.7. The number of ether oxygens (including phenoxy) is 8. The molecule has 2 aliphatic heterocycles. The van der Waals surface area contributed by atoms with E-state index in [0.717, 1.165) is 33.0 Å². The first-order valence-corrected chi connectivity index (χ1v) is 30.6. The minimum atomic E-state index is -1.39. The molecule has 2 heterocycles. The molecule has 0 fully saturated rings. The van der Waals surface area contributed by atoms with Crippen LogP contribution >= 0.6 is 0 Å². The fraction of sp³-hybridized carbons (Fsp3) is 0.361. The average molecular weight is 1290 g/mol. The fourth-order valence-electron chi connectivity index (χ4n) is 9.83. The summed E-state index contributed by atoms with van der Waals surface area (Å²) in [5.41, 5.74) is 6.93. The number of carbonyl (C=O) groups is 4. The quantitative estimate of drug-likeness (QED) is 0.0248. The molecule has 4 aromatic carbocycles. The molecule has 4 aromatic rings. The summed E-state index contributed by atoms with van der Waals surface area (Å²) in [4.78, 5) is 54.9. The Bertz CT molecular complexity index is 4060. The van der Waals surface area contributed by atoms with Crippen LogP contribution in [-0.2, 0) is 37.9 Å². The maximum Gasteiger partial charge on any atom is 0.251 e. The number of carboxylic acids is 2. The smallest absolute Gasteiger partial charge is 0.251 e. The molecule has 94 heavy (non-hydrogen) atoms. The molecule has 2 aliphatic carbocycles. The fourth-order valence-corrected chi connectivity index (χ4v) is 9.83. The monoisotopic (exact) mass is 1290 g/mol. The predicted octanol–water partition coefficient (Wildman–Crippen LogP) is 4.19. The number of aromatic carboxylic acids is 2. The molecule has 0 bridgehead atoms. The summed E-state index contributed by atoms with van der Waals surface area (Å²) >= 11 is 0. The van der Waals surface area contributed by atoms with E-state index in [4.69, 9.17) is 59.6 Å². The minimum absolute atomic E-state index is 0.0327. The van der Waals surface area contributed by atoms with Crippen LogP contribution < -0.4 is 50.5 Å². The lowest BCUT2D eigenvalue weighted by Gasteiger charge is -2.20. The Morgan fingerprint density at radius 3 is 1.20 bits per heavy atom. The number of fused-ring (bicyclic) bond motifs is 4. The van der Waals surface area contributed by atoms with E-state index in [1.807, 2.05) is 148 Å². The number of carboxylic acid groups (broad SMARTS) is 2. The molecule has 0 atom stereocenters. The Morgan fingerprint density at radius 1 is 0.436 bits per heavy atom. The molecule has 0 saturated heterocycles. The van der Waals surface area contributed by atoms with Gasteiger partial charge in [-0.2, -0.15) is 0 Å². The van der Waals surface area contributed by atoms with E-state index < -0.39 is 17.8 Å². The summed E-state index contributed by atoms with van der Waals surface area (Å²) in [6.07, 6.45) is 10.2. The van der Waals surface area contributed by atoms with Crippen LogP contribution in [0.4, 0.5) is 11.4 Å². The number of amides is 2. The van der Waals surface area contributed by atoms with Crippen molar-refractivity contribution in [1.29, 1.82) is 0 Å². The molecule has 0 saturated carbocycles. The number of nitrogens with one attached hydrogen (secondary N) is 2. The summed E-state index contributed by atoms with van der Waals surface area (Å²) in [6, 6.07) is 32.2. The number of rotatable bonds is 34. The molecule has 0 unspecified atom stereocenters. The first kappa shape index (κ1) is 72.0. The molecule has 4 aliphatic rings. The van der Waals surface area contributed by atoms with Crippen molar-refractivity contribution in [2.75, 3.05) is 185 Å². The number of benzene rings is 6. The summed E-state index contributed by atoms with van der Waals surface area (Å²) in [6.45, 7) is 6.52. The Kier molecular flexibility index (Phi) is 28.1. The van der Waals surface area contributed by atoms with E-state index >= 15 is 0 Å². The molecular weight excluding hydrogens is 1200 g/mol. The van der Waals surface area contributed by atoms with Gasteiger partial charge in [-0.05, 0) is 71.8 Å². The van der Waals surface area contributed by atoms with Gasteiger partial charge < -0.3 is 87.0 Å². The first-order chi connectivity index (χ1) is 45.4. The molecule has 8 rings (SSSR count). The van der Waals surface area contributed by atoms with Crippen molar-refractivity contribution in [3.8, 4) is 69.6 Å². The Labute approximate surface area is 547 Å². The zero-order valence-corrected chi connectivity index (χ0v) is 54.6. The van der Waals surface area contributed by atoms with Crippen molar-refractivity contribution in [2.45, 2.75) is 0 Å². The lowest BCUT2D eigenvalue weighted by atomic mass is 9.89. The van der Waals surface area contributed by atoms with Crippen molar-refractivity contribution in [3.63, 3.8) is 0 Å². The second-order valence-electron chi connectivity index (χ2n) is 22.0. The van der Waals surface area contributed by atoms with Gasteiger partial charge in [-0.15, -0.1) is 12.8 Å². The Morgan fingerprint density at radius 2 is 0.809 bits per heavy atom. The maximum absolute atomic E-state index is 13.2. The number of nitrogens with zero attached hydrogens (tertiary/aromatic N) is 4. The highest BCUT2D eigenvalue weighted by atomic mass is 16.6. The standard InChI is InChI=1S/2C36H41N3O8/c1-6-14-43-16-18-45-20-21-46-19-17-44-15-13-37-35(40)25-7-10-28(36(41)42)31(22-25)34-29-11-8-26(38(2)3)23-32(29)47-33-24-27(39(4)5)9-12-30(33)34;1-6-14-43-16-18-45-20-21-46-19-17-44-15-13-37-35(40)25-7-10-28(31(22-25)36(41)42)34-29-11-8-26(38(2)3)23-32(29)47-33-24-27(39(4)5)9-12-30(33)34/h2*1,7-12,22-24H,13-21H2,2-5H3,(H-,37,40,41,42). The van der Waals surface area contributed by atoms with Crippen LogP contribution in [0.1, 0.15) is 41.4 Å². The summed E-state index contributed by atoms with van der Waals surface area (Å²) in [5, 5.41) is 33.8. The SMILES string of the molecule is C#CCOCCOCCOCCOCCNC(=O)c1ccc(-c2c3ccc(=[N+](C)C)cc-3oc3cc(N(C)C)ccc23)c(C(=O)[O-])c1.C#CCOCCOCCOCCOCCNC(=O)c1ccc(C(=O)[O-])c(-c2c3ccc(=[N+](C)C)cc-3oc3cc(N(C)C)ccc23)c1. The summed E-state index contributed by atoms with van der Waals surface area (Å²) in [5.74, 6) is 2.42. The van der Waals surface area contributed by atoms with Crippen molar-refractivity contribution in [2.24, 2.45) is 0 Å². The molecule has 0 aromatic heterocycles. The highest BCUT2D eigenvalue weighted by Gasteiger charge is 2.25. The second-order valence-corrected chi connectivity index (χ2v) is 22.0. The Balaban J connectivity index is 0.000000266. The third-order valence-electron chi connectivity index (χ3n) is 14.7. The zero-order valence-electron chi connectivity index (χ0n) is 54.6. The molecule has 22 heteroatoms. The maximum atomic E-state index is 13.2. The molecular formula is C72H82N6O16. The summed E-state index contributed by atoms with van der Waals surface area (Å²) < 4.78 is 59.6. The van der Waals surface area contributed by atoms with Gasteiger partial charge in [-0.25, -0.2) is 9.15 Å². The van der Waals surface area contributed by atoms with E-state index in [1.165, 1.54) is 18.2 Å². The number of anilines is 2. The van der Waals surface area contributed by atoms with Gasteiger partial charge in [0.25, 0.3) is 11.8 Å². The van der Waals surface area contributed by atoms with Crippen LogP contribution in [0.15, 0.2) is 118 Å². The van der Waals surface area contributed by atoms with Gasteiger partial charge in [0.15, 0.2) is 0 Å². The van der Waals surface area contributed by atoms with Crippen molar-refractivity contribution in [3.05, 3.63) is 142 Å². The molecule has 496 valence electrons. The lowest BCUT2D eigenvalue weighted by Crippen LogP contribution is -2.29. The molecule has 0 spiro atoms. The van der Waals surface area contributed by atoms with E-state index in [-0.39, 0.29) is 62.1 Å². The van der Waals surface area contributed by atoms with Crippen molar-refractivity contribution in [1.82, 2.24) is 19.8 Å². The number of hydrogen-bond donors (Lipinski definition) is 2. The van der Waals surface area contributed by atoms with Gasteiger partial charge in [0.2, 0.25) is 10.7 Å². The third-order valence-corrected chi connectivity index (χ3v) is 14.7. The van der Waals surface area contributed by atoms with Crippen LogP contribution in [0.5, 0.6) is 0 Å². The van der Waals surface area contributed by atoms with Gasteiger partial charge in [-0.1, -0.05) is 24.0 Å². The minimum Gasteiger partial charge on any atom is -0.545 e. The van der Waals surface area contributed by atoms with Crippen LogP contribution in [0.25, 0.3) is 66.8 Å². The highest BCUT2D eigenvalue weighted by molar-refractivity contribution is 6.10. The van der Waals surface area contributed by atoms with Crippen LogP contribution in [0.3, 0.4) is 0 Å². The van der Waals surface area contributed by atoms with E-state index in [2.05, 4.69) is 22.5 Å². The largest absolute Gasteiger partial charge is 0.545 e. The van der Waals surface area contributed by atoms with Crippen LogP contribution in [-0.4, -0.2) is 199 Å². The normalized spacial score (nSPS) is 11.0. The molecule has 0 radical (unpaired) electrons. The third kappa shape index (κ3) is 20.3. The van der Waals surface area contributed by atoms with Crippen molar-refractivity contribution >= 4 is 57.1 Å². The lowest BCUT2D eigenvalue weighted by molar-refractivity contribution is -0.256. The zero-order chi connectivity index (χ0) is 67.5. The number of terminal acetylenes is 2. The average Bonchev–Trinajstić information content (AvgIpc) is 0.761. The van der Waals surface area contributed by atoms with Gasteiger partial charge in [0.05, 0.1) is 117 Å². The highest BCUT2D eigenvalue weighted by Crippen LogP contribution is 2.44. The van der Waals surface area contributed by atoms with Crippen LogP contribution in [0, 0.1) is 24.7 Å². The number of carbonyl (C=O) groups excluding carboxylic acids is 4. The topological polar surface area (TPSA) is 251 Å². The van der Waals surface area contributed by atoms with E-state index in [0.29, 0.717) is 141 Å². The van der Waals surface area contributed by atoms with Crippen molar-refractivity contribution < 1.29 is 76.1 Å². The predicted molar refractivity (Wildman–Crippen MR) is 357 cm³/mol. The molecule has 2 amide bonds. The number of hydrogen-bond acceptors (Lipinski definition) is 18. The van der Waals surface area contributed by atoms with Gasteiger partial charge in [-0.3, -0.25) is 9.59 Å².